The maximum absolute atomic E-state index is 14.7. The summed E-state index contributed by atoms with van der Waals surface area (Å²) in [5, 5.41) is 8.35. The van der Waals surface area contributed by atoms with Crippen LogP contribution in [0.15, 0.2) is 64.3 Å². The molecule has 0 bridgehead atoms. The minimum atomic E-state index is -4.65. The summed E-state index contributed by atoms with van der Waals surface area (Å²) in [7, 11) is 0. The largest absolute Gasteiger partial charge is 0.389 e. The van der Waals surface area contributed by atoms with E-state index in [1.54, 1.807) is 30.3 Å². The molecule has 0 aliphatic carbocycles. The van der Waals surface area contributed by atoms with Crippen LogP contribution in [0.5, 0.6) is 0 Å². The smallest absolute Gasteiger partial charge is 0.369 e. The number of amides is 3. The zero-order valence-electron chi connectivity index (χ0n) is 20.5. The molecule has 1 aliphatic heterocycles. The number of fused-ring (bicyclic) bond motifs is 1. The van der Waals surface area contributed by atoms with E-state index in [0.717, 1.165) is 12.3 Å². The molecule has 2 aromatic carbocycles. The fourth-order valence-electron chi connectivity index (χ4n) is 4.40. The Morgan fingerprint density at radius 3 is 2.49 bits per heavy atom. The zero-order chi connectivity index (χ0) is 28.3. The van der Waals surface area contributed by atoms with Gasteiger partial charge in [0.1, 0.15) is 12.1 Å². The normalized spacial score (nSPS) is 16.8. The molecule has 0 saturated heterocycles. The molecule has 0 saturated carbocycles. The van der Waals surface area contributed by atoms with Gasteiger partial charge in [-0.2, -0.15) is 13.2 Å². The van der Waals surface area contributed by atoms with Crippen LogP contribution < -0.4 is 16.4 Å². The van der Waals surface area contributed by atoms with Crippen LogP contribution in [0, 0.1) is 18.7 Å². The number of primary amides is 1. The van der Waals surface area contributed by atoms with E-state index < -0.39 is 60.6 Å². The molecule has 1 aromatic heterocycles. The first-order chi connectivity index (χ1) is 18.5. The van der Waals surface area contributed by atoms with Crippen LogP contribution in [0.1, 0.15) is 41.1 Å². The summed E-state index contributed by atoms with van der Waals surface area (Å²) in [6, 6.07) is 12.5. The van der Waals surface area contributed by atoms with Gasteiger partial charge >= 0.3 is 6.18 Å². The number of hydrogen-bond acceptors (Lipinski definition) is 6. The number of anilines is 1. The third-order valence-electron chi connectivity index (χ3n) is 6.26. The second-order valence-corrected chi connectivity index (χ2v) is 8.90. The Bertz CT molecular complexity index is 1420. The van der Waals surface area contributed by atoms with Crippen molar-refractivity contribution in [3.63, 3.8) is 0 Å². The van der Waals surface area contributed by atoms with Crippen molar-refractivity contribution in [2.24, 2.45) is 16.6 Å². The third kappa shape index (κ3) is 6.13. The molecule has 204 valence electrons. The predicted octanol–water partition coefficient (Wildman–Crippen LogP) is 3.58. The Labute approximate surface area is 219 Å². The zero-order valence-corrected chi connectivity index (χ0v) is 20.5. The lowest BCUT2D eigenvalue weighted by molar-refractivity contribution is -0.144. The Balaban J connectivity index is 1.74. The van der Waals surface area contributed by atoms with Crippen molar-refractivity contribution in [2.75, 3.05) is 5.32 Å². The molecule has 9 nitrogen and oxygen atoms in total. The predicted molar refractivity (Wildman–Crippen MR) is 131 cm³/mol. The number of rotatable bonds is 8. The summed E-state index contributed by atoms with van der Waals surface area (Å²) < 4.78 is 59.0. The van der Waals surface area contributed by atoms with Crippen LogP contribution in [-0.2, 0) is 14.4 Å². The van der Waals surface area contributed by atoms with Crippen molar-refractivity contribution >= 4 is 29.1 Å². The number of aliphatic imine (C=N–C) groups is 1. The van der Waals surface area contributed by atoms with E-state index >= 15 is 0 Å². The first kappa shape index (κ1) is 27.5. The number of nitrogens with zero attached hydrogens (tertiary/aromatic N) is 2. The minimum absolute atomic E-state index is 0.0399. The fraction of sp³-hybridized carbons (Fsp3) is 0.269. The first-order valence-corrected chi connectivity index (χ1v) is 11.8. The van der Waals surface area contributed by atoms with E-state index in [1.807, 2.05) is 0 Å². The van der Waals surface area contributed by atoms with Crippen molar-refractivity contribution in [1.82, 2.24) is 10.5 Å². The molecular weight excluding hydrogens is 522 g/mol. The summed E-state index contributed by atoms with van der Waals surface area (Å²) in [4.78, 5) is 43.3. The summed E-state index contributed by atoms with van der Waals surface area (Å²) >= 11 is 0. The van der Waals surface area contributed by atoms with Gasteiger partial charge in [0.15, 0.2) is 0 Å². The number of nitrogens with one attached hydrogen (secondary N) is 2. The molecule has 0 fully saturated rings. The average Bonchev–Trinajstić information content (AvgIpc) is 3.23. The Hall–Kier alpha value is -4.55. The van der Waals surface area contributed by atoms with E-state index in [2.05, 4.69) is 20.8 Å². The van der Waals surface area contributed by atoms with Gasteiger partial charge in [-0.3, -0.25) is 14.4 Å². The van der Waals surface area contributed by atoms with Crippen LogP contribution in [0.2, 0.25) is 0 Å². The van der Waals surface area contributed by atoms with E-state index in [4.69, 9.17) is 10.3 Å². The second-order valence-electron chi connectivity index (χ2n) is 8.90. The van der Waals surface area contributed by atoms with Gasteiger partial charge in [-0.05, 0) is 19.4 Å². The minimum Gasteiger partial charge on any atom is -0.369 e. The van der Waals surface area contributed by atoms with Gasteiger partial charge in [-0.25, -0.2) is 9.38 Å². The Kier molecular flexibility index (Phi) is 7.79. The Morgan fingerprint density at radius 2 is 1.87 bits per heavy atom. The van der Waals surface area contributed by atoms with Gasteiger partial charge in [0.2, 0.25) is 18.0 Å². The molecule has 0 spiro atoms. The van der Waals surface area contributed by atoms with Gasteiger partial charge in [-0.1, -0.05) is 47.6 Å². The number of carbonyl (C=O) groups is 3. The molecule has 4 N–H and O–H groups in total. The highest BCUT2D eigenvalue weighted by molar-refractivity contribution is 6.20. The molecule has 0 radical (unpaired) electrons. The molecule has 13 heteroatoms. The van der Waals surface area contributed by atoms with Gasteiger partial charge in [0.25, 0.3) is 5.91 Å². The van der Waals surface area contributed by atoms with Gasteiger partial charge in [-0.15, -0.1) is 0 Å². The number of carbonyl (C=O) groups excluding carboxylic acids is 3. The van der Waals surface area contributed by atoms with E-state index in [0.29, 0.717) is 5.56 Å². The van der Waals surface area contributed by atoms with Crippen molar-refractivity contribution in [1.29, 1.82) is 0 Å². The molecule has 3 aromatic rings. The SMILES string of the molecule is Cc1nocc1[C@H](C(N)=O)[C@@H](CCC(F)(F)F)C(=O)NC1N=C(c2ccccc2)c2cccc(F)c2NC1=O. The van der Waals surface area contributed by atoms with Crippen LogP contribution in [0.3, 0.4) is 0 Å². The summed E-state index contributed by atoms with van der Waals surface area (Å²) in [6.45, 7) is 1.44. The van der Waals surface area contributed by atoms with E-state index in [-0.39, 0.29) is 28.2 Å². The maximum Gasteiger partial charge on any atom is 0.389 e. The van der Waals surface area contributed by atoms with Crippen molar-refractivity contribution in [3.05, 3.63) is 83.0 Å². The fourth-order valence-corrected chi connectivity index (χ4v) is 4.40. The summed E-state index contributed by atoms with van der Waals surface area (Å²) in [5.74, 6) is -7.07. The number of benzene rings is 2. The van der Waals surface area contributed by atoms with Crippen LogP contribution in [0.25, 0.3) is 0 Å². The van der Waals surface area contributed by atoms with E-state index in [1.165, 1.54) is 19.1 Å². The average molecular weight is 545 g/mol. The molecule has 1 unspecified atom stereocenters. The summed E-state index contributed by atoms with van der Waals surface area (Å²) in [6.07, 6.45) is -7.54. The molecule has 3 amide bonds. The number of halogens is 4. The van der Waals surface area contributed by atoms with Gasteiger partial charge in [0, 0.05) is 23.1 Å². The third-order valence-corrected chi connectivity index (χ3v) is 6.26. The highest BCUT2D eigenvalue weighted by Crippen LogP contribution is 2.34. The number of aryl methyl sites for hydroxylation is 1. The standard InChI is InChI=1S/C26H23F4N5O4/c1-13-17(12-39-35-13)19(22(31)36)15(10-11-26(28,29)30)24(37)34-23-25(38)33-21-16(8-5-9-18(21)27)20(32-23)14-6-3-2-4-7-14/h2-9,12,15,19,23H,10-11H2,1H3,(H2,31,36)(H,33,38)(H,34,37)/t15-,19-,23?/m1/s1. The molecule has 2 heterocycles. The number of para-hydroxylation sites is 1. The number of alkyl halides is 3. The lowest BCUT2D eigenvalue weighted by Gasteiger charge is -2.25. The van der Waals surface area contributed by atoms with Crippen molar-refractivity contribution in [2.45, 2.75) is 38.0 Å². The quantitative estimate of drug-likeness (QED) is 0.371. The summed E-state index contributed by atoms with van der Waals surface area (Å²) in [5.41, 5.74) is 6.41. The molecular formula is C26H23F4N5O4. The lowest BCUT2D eigenvalue weighted by Crippen LogP contribution is -2.47. The molecule has 3 atom stereocenters. The molecule has 4 rings (SSSR count). The van der Waals surface area contributed by atoms with Gasteiger partial charge < -0.3 is 20.9 Å². The lowest BCUT2D eigenvalue weighted by atomic mass is 9.82. The maximum atomic E-state index is 14.7. The molecule has 39 heavy (non-hydrogen) atoms. The van der Waals surface area contributed by atoms with Gasteiger partial charge in [0.05, 0.1) is 28.9 Å². The molecule has 1 aliphatic rings. The van der Waals surface area contributed by atoms with Crippen molar-refractivity contribution < 1.29 is 36.5 Å². The van der Waals surface area contributed by atoms with Crippen LogP contribution in [0.4, 0.5) is 23.2 Å². The second kappa shape index (κ2) is 11.1. The first-order valence-electron chi connectivity index (χ1n) is 11.8. The number of aromatic nitrogens is 1. The van der Waals surface area contributed by atoms with Crippen LogP contribution >= 0.6 is 0 Å². The monoisotopic (exact) mass is 545 g/mol. The number of benzodiazepines with no additional fused rings is 1. The number of hydrogen-bond donors (Lipinski definition) is 3. The van der Waals surface area contributed by atoms with E-state index in [9.17, 15) is 31.9 Å². The highest BCUT2D eigenvalue weighted by atomic mass is 19.4. The van der Waals surface area contributed by atoms with Crippen LogP contribution in [-0.4, -0.2) is 40.9 Å². The number of nitrogens with two attached hydrogens (primary N) is 1. The highest BCUT2D eigenvalue weighted by Gasteiger charge is 2.41. The topological polar surface area (TPSA) is 140 Å². The Morgan fingerprint density at radius 1 is 1.15 bits per heavy atom. The van der Waals surface area contributed by atoms with Crippen molar-refractivity contribution in [3.8, 4) is 0 Å².